The van der Waals surface area contributed by atoms with Crippen LogP contribution in [0.25, 0.3) is 11.1 Å². The number of aromatic nitrogens is 2. The van der Waals surface area contributed by atoms with Gasteiger partial charge in [-0.1, -0.05) is 36.4 Å². The van der Waals surface area contributed by atoms with Gasteiger partial charge in [-0.25, -0.2) is 0 Å². The summed E-state index contributed by atoms with van der Waals surface area (Å²) in [6.07, 6.45) is 5.25. The SMILES string of the molecule is CCOC(=O)C(c1ccc(-c2cccnc2)cc1)c1ccccn1. The van der Waals surface area contributed by atoms with Crippen LogP contribution in [0.15, 0.2) is 73.2 Å². The normalized spacial score (nSPS) is 11.7. The topological polar surface area (TPSA) is 52.1 Å². The van der Waals surface area contributed by atoms with Crippen LogP contribution in [0.5, 0.6) is 0 Å². The van der Waals surface area contributed by atoms with Crippen molar-refractivity contribution in [3.8, 4) is 11.1 Å². The molecule has 3 rings (SSSR count). The second-order valence-electron chi connectivity index (χ2n) is 5.30. The number of pyridine rings is 2. The van der Waals surface area contributed by atoms with Crippen LogP contribution in [0, 0.1) is 0 Å². The van der Waals surface area contributed by atoms with Gasteiger partial charge in [-0.2, -0.15) is 0 Å². The molecule has 0 amide bonds. The fourth-order valence-corrected chi connectivity index (χ4v) is 2.60. The first-order valence-electron chi connectivity index (χ1n) is 7.87. The van der Waals surface area contributed by atoms with Crippen molar-refractivity contribution in [1.82, 2.24) is 9.97 Å². The molecule has 2 heterocycles. The van der Waals surface area contributed by atoms with Crippen LogP contribution in [0.4, 0.5) is 0 Å². The Morgan fingerprint density at radius 1 is 1.00 bits per heavy atom. The third-order valence-electron chi connectivity index (χ3n) is 3.74. The lowest BCUT2D eigenvalue weighted by molar-refractivity contribution is -0.143. The molecule has 4 nitrogen and oxygen atoms in total. The third-order valence-corrected chi connectivity index (χ3v) is 3.74. The monoisotopic (exact) mass is 318 g/mol. The minimum atomic E-state index is -0.519. The van der Waals surface area contributed by atoms with Gasteiger partial charge >= 0.3 is 5.97 Å². The molecule has 0 aliphatic rings. The maximum atomic E-state index is 12.4. The van der Waals surface area contributed by atoms with Crippen molar-refractivity contribution in [3.05, 3.63) is 84.4 Å². The molecule has 0 fully saturated rings. The smallest absolute Gasteiger partial charge is 0.319 e. The van der Waals surface area contributed by atoms with E-state index in [1.807, 2.05) is 60.8 Å². The first-order chi connectivity index (χ1) is 11.8. The second kappa shape index (κ2) is 7.51. The molecule has 0 aliphatic heterocycles. The predicted molar refractivity (Wildman–Crippen MR) is 92.4 cm³/mol. The highest BCUT2D eigenvalue weighted by atomic mass is 16.5. The molecular weight excluding hydrogens is 300 g/mol. The standard InChI is InChI=1S/C20H18N2O2/c1-2-24-20(23)19(18-7-3-4-13-22-18)16-10-8-15(9-11-16)17-6-5-12-21-14-17/h3-14,19H,2H2,1H3. The number of esters is 1. The molecule has 0 bridgehead atoms. The zero-order valence-corrected chi connectivity index (χ0v) is 13.4. The molecule has 0 saturated carbocycles. The molecule has 0 radical (unpaired) electrons. The number of nitrogens with zero attached hydrogens (tertiary/aromatic N) is 2. The Labute approximate surface area is 141 Å². The fourth-order valence-electron chi connectivity index (χ4n) is 2.60. The molecule has 120 valence electrons. The average molecular weight is 318 g/mol. The van der Waals surface area contributed by atoms with E-state index in [0.717, 1.165) is 16.7 Å². The minimum absolute atomic E-state index is 0.287. The van der Waals surface area contributed by atoms with E-state index in [-0.39, 0.29) is 5.97 Å². The summed E-state index contributed by atoms with van der Waals surface area (Å²) in [6, 6.07) is 17.3. The largest absolute Gasteiger partial charge is 0.465 e. The van der Waals surface area contributed by atoms with Crippen molar-refractivity contribution in [1.29, 1.82) is 0 Å². The van der Waals surface area contributed by atoms with E-state index in [9.17, 15) is 4.79 Å². The Hall–Kier alpha value is -3.01. The van der Waals surface area contributed by atoms with Gasteiger partial charge in [0.25, 0.3) is 0 Å². The maximum Gasteiger partial charge on any atom is 0.319 e. The highest BCUT2D eigenvalue weighted by Gasteiger charge is 2.25. The molecule has 1 aromatic carbocycles. The molecule has 3 aromatic rings. The fraction of sp³-hybridized carbons (Fsp3) is 0.150. The number of benzene rings is 1. The van der Waals surface area contributed by atoms with Crippen molar-refractivity contribution in [3.63, 3.8) is 0 Å². The minimum Gasteiger partial charge on any atom is -0.465 e. The van der Waals surface area contributed by atoms with E-state index < -0.39 is 5.92 Å². The molecule has 0 aliphatic carbocycles. The summed E-state index contributed by atoms with van der Waals surface area (Å²) < 4.78 is 5.24. The highest BCUT2D eigenvalue weighted by Crippen LogP contribution is 2.27. The highest BCUT2D eigenvalue weighted by molar-refractivity contribution is 5.82. The van der Waals surface area contributed by atoms with Gasteiger partial charge in [0.1, 0.15) is 5.92 Å². The molecule has 2 aromatic heterocycles. The molecule has 1 unspecified atom stereocenters. The summed E-state index contributed by atoms with van der Waals surface area (Å²) >= 11 is 0. The molecule has 0 saturated heterocycles. The zero-order valence-electron chi connectivity index (χ0n) is 13.4. The molecule has 0 spiro atoms. The van der Waals surface area contributed by atoms with Gasteiger partial charge in [-0.05, 0) is 41.8 Å². The lowest BCUT2D eigenvalue weighted by atomic mass is 9.93. The number of hydrogen-bond acceptors (Lipinski definition) is 4. The van der Waals surface area contributed by atoms with Crippen LogP contribution >= 0.6 is 0 Å². The number of hydrogen-bond donors (Lipinski definition) is 0. The van der Waals surface area contributed by atoms with E-state index in [0.29, 0.717) is 12.3 Å². The summed E-state index contributed by atoms with van der Waals surface area (Å²) in [6.45, 7) is 2.15. The van der Waals surface area contributed by atoms with Crippen LogP contribution in [0.2, 0.25) is 0 Å². The van der Waals surface area contributed by atoms with Gasteiger partial charge in [0.15, 0.2) is 0 Å². The lowest BCUT2D eigenvalue weighted by Gasteiger charge is -2.16. The second-order valence-corrected chi connectivity index (χ2v) is 5.30. The van der Waals surface area contributed by atoms with Crippen molar-refractivity contribution in [2.45, 2.75) is 12.8 Å². The lowest BCUT2D eigenvalue weighted by Crippen LogP contribution is -2.18. The first kappa shape index (κ1) is 15.9. The summed E-state index contributed by atoms with van der Waals surface area (Å²) in [7, 11) is 0. The summed E-state index contributed by atoms with van der Waals surface area (Å²) in [5.74, 6) is -0.806. The van der Waals surface area contributed by atoms with Crippen LogP contribution in [-0.2, 0) is 9.53 Å². The molecule has 1 atom stereocenters. The average Bonchev–Trinajstić information content (AvgIpc) is 2.64. The number of carbonyl (C=O) groups is 1. The van der Waals surface area contributed by atoms with E-state index >= 15 is 0 Å². The van der Waals surface area contributed by atoms with Crippen LogP contribution < -0.4 is 0 Å². The Kier molecular flexibility index (Phi) is 4.96. The van der Waals surface area contributed by atoms with Crippen molar-refractivity contribution >= 4 is 5.97 Å². The van der Waals surface area contributed by atoms with Gasteiger partial charge in [-0.3, -0.25) is 14.8 Å². The van der Waals surface area contributed by atoms with Crippen molar-refractivity contribution < 1.29 is 9.53 Å². The quantitative estimate of drug-likeness (QED) is 0.671. The molecule has 0 N–H and O–H groups in total. The van der Waals surface area contributed by atoms with E-state index in [1.54, 1.807) is 19.3 Å². The van der Waals surface area contributed by atoms with E-state index in [2.05, 4.69) is 9.97 Å². The van der Waals surface area contributed by atoms with Gasteiger partial charge < -0.3 is 4.74 Å². The zero-order chi connectivity index (χ0) is 16.8. The van der Waals surface area contributed by atoms with Gasteiger partial charge in [0.2, 0.25) is 0 Å². The number of ether oxygens (including phenoxy) is 1. The summed E-state index contributed by atoms with van der Waals surface area (Å²) in [5, 5.41) is 0. The van der Waals surface area contributed by atoms with Crippen molar-refractivity contribution in [2.75, 3.05) is 6.61 Å². The summed E-state index contributed by atoms with van der Waals surface area (Å²) in [4.78, 5) is 20.9. The van der Waals surface area contributed by atoms with Gasteiger partial charge in [0.05, 0.1) is 12.3 Å². The van der Waals surface area contributed by atoms with E-state index in [1.165, 1.54) is 0 Å². The van der Waals surface area contributed by atoms with Crippen LogP contribution in [0.1, 0.15) is 24.1 Å². The van der Waals surface area contributed by atoms with Crippen LogP contribution in [-0.4, -0.2) is 22.5 Å². The number of rotatable bonds is 5. The predicted octanol–water partition coefficient (Wildman–Crippen LogP) is 3.84. The Morgan fingerprint density at radius 3 is 2.46 bits per heavy atom. The number of carbonyl (C=O) groups excluding carboxylic acids is 1. The van der Waals surface area contributed by atoms with E-state index in [4.69, 9.17) is 4.74 Å². The van der Waals surface area contributed by atoms with Crippen LogP contribution in [0.3, 0.4) is 0 Å². The molecular formula is C20H18N2O2. The Bertz CT molecular complexity index is 787. The third kappa shape index (κ3) is 3.49. The maximum absolute atomic E-state index is 12.4. The molecule has 24 heavy (non-hydrogen) atoms. The Morgan fingerprint density at radius 2 is 1.83 bits per heavy atom. The first-order valence-corrected chi connectivity index (χ1v) is 7.87. The van der Waals surface area contributed by atoms with Gasteiger partial charge in [0, 0.05) is 18.6 Å². The van der Waals surface area contributed by atoms with Gasteiger partial charge in [-0.15, -0.1) is 0 Å². The summed E-state index contributed by atoms with van der Waals surface area (Å²) in [5.41, 5.74) is 3.63. The Balaban J connectivity index is 1.95. The molecule has 4 heteroatoms. The van der Waals surface area contributed by atoms with Crippen molar-refractivity contribution in [2.24, 2.45) is 0 Å².